The lowest BCUT2D eigenvalue weighted by Crippen LogP contribution is -2.18. The van der Waals surface area contributed by atoms with E-state index in [2.05, 4.69) is 15.6 Å². The Balaban J connectivity index is 1.56. The molecule has 3 aromatic rings. The maximum absolute atomic E-state index is 12.6. The number of aromatic nitrogens is 1. The zero-order valence-corrected chi connectivity index (χ0v) is 13.9. The molecule has 6 nitrogen and oxygen atoms in total. The lowest BCUT2D eigenvalue weighted by molar-refractivity contribution is -0.119. The summed E-state index contributed by atoms with van der Waals surface area (Å²) >= 11 is 0. The highest BCUT2D eigenvalue weighted by atomic mass is 16.2. The first kappa shape index (κ1) is 16.1. The quantitative estimate of drug-likeness (QED) is 0.680. The highest BCUT2D eigenvalue weighted by Crippen LogP contribution is 2.25. The van der Waals surface area contributed by atoms with Crippen molar-refractivity contribution >= 4 is 28.3 Å². The van der Waals surface area contributed by atoms with E-state index in [1.807, 2.05) is 12.1 Å². The molecule has 1 unspecified atom stereocenters. The number of aromatic amines is 1. The second-order valence-electron chi connectivity index (χ2n) is 6.31. The summed E-state index contributed by atoms with van der Waals surface area (Å²) in [6, 6.07) is 14.2. The number of nitrogens with one attached hydrogen (secondary N) is 3. The van der Waals surface area contributed by atoms with Gasteiger partial charge in [-0.05, 0) is 42.3 Å². The van der Waals surface area contributed by atoms with E-state index >= 15 is 0 Å². The van der Waals surface area contributed by atoms with E-state index in [1.54, 1.807) is 42.6 Å². The van der Waals surface area contributed by atoms with Gasteiger partial charge in [0.2, 0.25) is 5.91 Å². The number of fused-ring (bicyclic) bond motifs is 1. The fraction of sp³-hybridized carbons (Fsp3) is 0.150. The molecule has 2 amide bonds. The third kappa shape index (κ3) is 2.97. The third-order valence-electron chi connectivity index (χ3n) is 4.63. The molecule has 0 saturated carbocycles. The van der Waals surface area contributed by atoms with Crippen LogP contribution in [-0.4, -0.2) is 16.8 Å². The molecule has 0 aliphatic carbocycles. The van der Waals surface area contributed by atoms with Gasteiger partial charge in [0.15, 0.2) is 0 Å². The number of benzene rings is 2. The highest BCUT2D eigenvalue weighted by molar-refractivity contribution is 6.09. The van der Waals surface area contributed by atoms with Gasteiger partial charge in [0, 0.05) is 34.6 Å². The number of amides is 2. The summed E-state index contributed by atoms with van der Waals surface area (Å²) in [4.78, 5) is 38.4. The molecule has 26 heavy (non-hydrogen) atoms. The molecule has 6 heteroatoms. The van der Waals surface area contributed by atoms with E-state index in [0.717, 1.165) is 12.0 Å². The van der Waals surface area contributed by atoms with Gasteiger partial charge in [-0.15, -0.1) is 0 Å². The number of anilines is 1. The highest BCUT2D eigenvalue weighted by Gasteiger charge is 2.22. The number of hydrogen-bond donors (Lipinski definition) is 3. The SMILES string of the molecule is O=C1CCC(c2ccc(C(=O)Nc3cccc4c(=O)[nH]ccc34)cc2)N1. The van der Waals surface area contributed by atoms with Gasteiger partial charge in [0.05, 0.1) is 6.04 Å². The zero-order valence-electron chi connectivity index (χ0n) is 13.9. The van der Waals surface area contributed by atoms with Gasteiger partial charge in [-0.25, -0.2) is 0 Å². The van der Waals surface area contributed by atoms with Crippen LogP contribution in [0.4, 0.5) is 5.69 Å². The maximum atomic E-state index is 12.6. The van der Waals surface area contributed by atoms with Crippen molar-refractivity contribution in [3.8, 4) is 0 Å². The van der Waals surface area contributed by atoms with Crippen LogP contribution in [-0.2, 0) is 4.79 Å². The van der Waals surface area contributed by atoms with E-state index in [9.17, 15) is 14.4 Å². The average Bonchev–Trinajstić information content (AvgIpc) is 3.09. The molecule has 130 valence electrons. The van der Waals surface area contributed by atoms with Crippen LogP contribution in [0, 0.1) is 0 Å². The topological polar surface area (TPSA) is 91.1 Å². The molecule has 1 aliphatic heterocycles. The second kappa shape index (κ2) is 6.48. The van der Waals surface area contributed by atoms with Crippen LogP contribution in [0.5, 0.6) is 0 Å². The molecular formula is C20H17N3O3. The van der Waals surface area contributed by atoms with Crippen LogP contribution in [0.2, 0.25) is 0 Å². The van der Waals surface area contributed by atoms with E-state index < -0.39 is 0 Å². The summed E-state index contributed by atoms with van der Waals surface area (Å²) < 4.78 is 0. The molecule has 2 heterocycles. The van der Waals surface area contributed by atoms with Crippen LogP contribution >= 0.6 is 0 Å². The van der Waals surface area contributed by atoms with Crippen LogP contribution in [0.15, 0.2) is 59.5 Å². The summed E-state index contributed by atoms with van der Waals surface area (Å²) in [7, 11) is 0. The van der Waals surface area contributed by atoms with Crippen LogP contribution in [0.3, 0.4) is 0 Å². The first-order valence-electron chi connectivity index (χ1n) is 8.43. The molecule has 0 radical (unpaired) electrons. The van der Waals surface area contributed by atoms with Gasteiger partial charge in [-0.1, -0.05) is 18.2 Å². The molecule has 2 aromatic carbocycles. The molecule has 1 aliphatic rings. The Kier molecular flexibility index (Phi) is 4.01. The van der Waals surface area contributed by atoms with Crippen molar-refractivity contribution in [1.82, 2.24) is 10.3 Å². The van der Waals surface area contributed by atoms with Crippen molar-refractivity contribution in [2.24, 2.45) is 0 Å². The van der Waals surface area contributed by atoms with Gasteiger partial charge in [-0.2, -0.15) is 0 Å². The Hall–Kier alpha value is -3.41. The Morgan fingerprint density at radius 1 is 1.00 bits per heavy atom. The predicted molar refractivity (Wildman–Crippen MR) is 99.1 cm³/mol. The summed E-state index contributed by atoms with van der Waals surface area (Å²) in [5.74, 6) is -0.192. The van der Waals surface area contributed by atoms with Gasteiger partial charge < -0.3 is 15.6 Å². The summed E-state index contributed by atoms with van der Waals surface area (Å²) in [5, 5.41) is 6.99. The van der Waals surface area contributed by atoms with Gasteiger partial charge in [0.25, 0.3) is 11.5 Å². The molecule has 1 fully saturated rings. The molecule has 0 bridgehead atoms. The summed E-state index contributed by atoms with van der Waals surface area (Å²) in [6.07, 6.45) is 2.87. The van der Waals surface area contributed by atoms with E-state index in [1.165, 1.54) is 0 Å². The minimum absolute atomic E-state index is 0.0180. The Morgan fingerprint density at radius 2 is 1.81 bits per heavy atom. The maximum Gasteiger partial charge on any atom is 0.255 e. The molecule has 1 aromatic heterocycles. The predicted octanol–water partition coefficient (Wildman–Crippen LogP) is 2.73. The molecule has 3 N–H and O–H groups in total. The van der Waals surface area contributed by atoms with Crippen molar-refractivity contribution in [2.45, 2.75) is 18.9 Å². The van der Waals surface area contributed by atoms with Crippen molar-refractivity contribution < 1.29 is 9.59 Å². The molecular weight excluding hydrogens is 330 g/mol. The number of rotatable bonds is 3. The fourth-order valence-electron chi connectivity index (χ4n) is 3.26. The summed E-state index contributed by atoms with van der Waals surface area (Å²) in [6.45, 7) is 0. The lowest BCUT2D eigenvalue weighted by atomic mass is 10.0. The first-order valence-corrected chi connectivity index (χ1v) is 8.43. The molecule has 4 rings (SSSR count). The minimum Gasteiger partial charge on any atom is -0.349 e. The molecule has 1 atom stereocenters. The first-order chi connectivity index (χ1) is 12.6. The molecule has 0 spiro atoms. The zero-order chi connectivity index (χ0) is 18.1. The van der Waals surface area contributed by atoms with Gasteiger partial charge in [-0.3, -0.25) is 14.4 Å². The van der Waals surface area contributed by atoms with Crippen LogP contribution in [0.25, 0.3) is 10.8 Å². The number of carbonyl (C=O) groups excluding carboxylic acids is 2. The van der Waals surface area contributed by atoms with Crippen LogP contribution in [0.1, 0.15) is 34.8 Å². The number of pyridine rings is 1. The van der Waals surface area contributed by atoms with E-state index in [0.29, 0.717) is 28.4 Å². The van der Waals surface area contributed by atoms with Crippen molar-refractivity contribution in [3.05, 3.63) is 76.2 Å². The van der Waals surface area contributed by atoms with Gasteiger partial charge in [0.1, 0.15) is 0 Å². The average molecular weight is 347 g/mol. The van der Waals surface area contributed by atoms with Crippen molar-refractivity contribution in [2.75, 3.05) is 5.32 Å². The van der Waals surface area contributed by atoms with E-state index in [-0.39, 0.29) is 23.4 Å². The van der Waals surface area contributed by atoms with Crippen molar-refractivity contribution in [3.63, 3.8) is 0 Å². The minimum atomic E-state index is -0.250. The molecule has 1 saturated heterocycles. The Bertz CT molecular complexity index is 1050. The normalized spacial score (nSPS) is 16.5. The largest absolute Gasteiger partial charge is 0.349 e. The monoisotopic (exact) mass is 347 g/mol. The van der Waals surface area contributed by atoms with Gasteiger partial charge >= 0.3 is 0 Å². The van der Waals surface area contributed by atoms with Crippen LogP contribution < -0.4 is 16.2 Å². The third-order valence-corrected chi connectivity index (χ3v) is 4.63. The number of hydrogen-bond acceptors (Lipinski definition) is 3. The standard InChI is InChI=1S/C20H17N3O3/c24-18-9-8-16(22-18)12-4-6-13(7-5-12)19(25)23-17-3-1-2-15-14(17)10-11-21-20(15)26/h1-7,10-11,16H,8-9H2,(H,21,26)(H,22,24)(H,23,25). The Labute approximate surface area is 149 Å². The van der Waals surface area contributed by atoms with Crippen molar-refractivity contribution in [1.29, 1.82) is 0 Å². The van der Waals surface area contributed by atoms with E-state index in [4.69, 9.17) is 0 Å². The number of H-pyrrole nitrogens is 1. The fourth-order valence-corrected chi connectivity index (χ4v) is 3.26. The number of carbonyl (C=O) groups is 2. The Morgan fingerprint density at radius 3 is 2.54 bits per heavy atom. The second-order valence-corrected chi connectivity index (χ2v) is 6.31. The summed E-state index contributed by atoms with van der Waals surface area (Å²) in [5.41, 5.74) is 1.90. The smallest absolute Gasteiger partial charge is 0.255 e. The lowest BCUT2D eigenvalue weighted by Gasteiger charge is -2.12.